The molecule has 1 saturated heterocycles. The van der Waals surface area contributed by atoms with Crippen LogP contribution in [0.25, 0.3) is 6.08 Å². The molecule has 2 heterocycles. The number of furan rings is 1. The maximum atomic E-state index is 12.2. The molecule has 0 saturated carbocycles. The van der Waals surface area contributed by atoms with Gasteiger partial charge in [0.2, 0.25) is 0 Å². The van der Waals surface area contributed by atoms with Crippen molar-refractivity contribution in [3.8, 4) is 0 Å². The van der Waals surface area contributed by atoms with Crippen molar-refractivity contribution in [3.63, 3.8) is 0 Å². The number of rotatable bonds is 4. The molecule has 2 amide bonds. The summed E-state index contributed by atoms with van der Waals surface area (Å²) in [5.74, 6) is -0.489. The third-order valence-corrected chi connectivity index (χ3v) is 3.56. The van der Waals surface area contributed by atoms with Crippen LogP contribution in [0, 0.1) is 0 Å². The van der Waals surface area contributed by atoms with Gasteiger partial charge in [0.1, 0.15) is 17.9 Å². The minimum Gasteiger partial charge on any atom is -0.465 e. The first kappa shape index (κ1) is 17.1. The summed E-state index contributed by atoms with van der Waals surface area (Å²) in [5, 5.41) is -0.487. The van der Waals surface area contributed by atoms with Gasteiger partial charge in [-0.1, -0.05) is 6.08 Å². The molecule has 0 aliphatic carbocycles. The van der Waals surface area contributed by atoms with E-state index in [-0.39, 0.29) is 11.4 Å². The Balaban J connectivity index is 2.00. The number of hydrogen-bond donors (Lipinski definition) is 0. The molecule has 2 rings (SSSR count). The van der Waals surface area contributed by atoms with Crippen molar-refractivity contribution in [2.24, 2.45) is 0 Å². The summed E-state index contributed by atoms with van der Waals surface area (Å²) in [6.45, 7) is 4.77. The molecule has 0 unspecified atom stereocenters. The van der Waals surface area contributed by atoms with E-state index in [0.717, 1.165) is 16.7 Å². The molecule has 122 valence electrons. The lowest BCUT2D eigenvalue weighted by atomic mass is 10.2. The molecule has 0 bridgehead atoms. The number of carbonyl (C=O) groups is 3. The minimum atomic E-state index is -0.666. The molecule has 0 spiro atoms. The van der Waals surface area contributed by atoms with Crippen LogP contribution in [0.2, 0.25) is 0 Å². The number of amides is 2. The Labute approximate surface area is 138 Å². The van der Waals surface area contributed by atoms with Gasteiger partial charge in [-0.2, -0.15) is 0 Å². The van der Waals surface area contributed by atoms with Crippen LogP contribution < -0.4 is 0 Å². The van der Waals surface area contributed by atoms with Crippen LogP contribution in [0.5, 0.6) is 0 Å². The van der Waals surface area contributed by atoms with Gasteiger partial charge < -0.3 is 9.15 Å². The minimum absolute atomic E-state index is 0.251. The predicted molar refractivity (Wildman–Crippen MR) is 86.4 cm³/mol. The van der Waals surface area contributed by atoms with E-state index < -0.39 is 22.7 Å². The Bertz CT molecular complexity index is 667. The van der Waals surface area contributed by atoms with Gasteiger partial charge in [0, 0.05) is 0 Å². The van der Waals surface area contributed by atoms with Crippen LogP contribution in [0.3, 0.4) is 0 Å². The molecule has 1 aromatic rings. The molecule has 1 aliphatic rings. The average Bonchev–Trinajstić information content (AvgIpc) is 3.01. The van der Waals surface area contributed by atoms with Gasteiger partial charge in [-0.05, 0) is 56.8 Å². The summed E-state index contributed by atoms with van der Waals surface area (Å²) in [6, 6.07) is 3.51. The zero-order valence-electron chi connectivity index (χ0n) is 13.1. The maximum absolute atomic E-state index is 12.2. The van der Waals surface area contributed by atoms with Crippen LogP contribution in [0.4, 0.5) is 4.79 Å². The standard InChI is InChI=1S/C16H17NO5S/c1-16(2,3)22-13(18)10-17-14(19)12(23-15(17)20)8-4-6-11-7-5-9-21-11/h4-9H,10H2,1-3H3. The van der Waals surface area contributed by atoms with Crippen LogP contribution in [-0.4, -0.2) is 34.2 Å². The van der Waals surface area contributed by atoms with Crippen molar-refractivity contribution < 1.29 is 23.5 Å². The Morgan fingerprint density at radius 1 is 1.39 bits per heavy atom. The zero-order chi connectivity index (χ0) is 17.0. The van der Waals surface area contributed by atoms with Crippen molar-refractivity contribution in [2.45, 2.75) is 26.4 Å². The molecular weight excluding hydrogens is 318 g/mol. The molecule has 1 aromatic heterocycles. The fraction of sp³-hybridized carbons (Fsp3) is 0.312. The first-order valence-electron chi connectivity index (χ1n) is 6.94. The molecule has 0 aromatic carbocycles. The lowest BCUT2D eigenvalue weighted by molar-refractivity contribution is -0.156. The molecular formula is C16H17NO5S. The van der Waals surface area contributed by atoms with E-state index in [1.807, 2.05) is 0 Å². The zero-order valence-corrected chi connectivity index (χ0v) is 13.9. The summed E-state index contributed by atoms with van der Waals surface area (Å²) >= 11 is 0.788. The highest BCUT2D eigenvalue weighted by molar-refractivity contribution is 8.18. The Morgan fingerprint density at radius 3 is 2.74 bits per heavy atom. The number of ether oxygens (including phenoxy) is 1. The van der Waals surface area contributed by atoms with Gasteiger partial charge in [0.15, 0.2) is 0 Å². The Hall–Kier alpha value is -2.28. The van der Waals surface area contributed by atoms with E-state index in [2.05, 4.69) is 0 Å². The second kappa shape index (κ2) is 6.87. The molecule has 7 heteroatoms. The van der Waals surface area contributed by atoms with Gasteiger partial charge in [0.25, 0.3) is 11.1 Å². The maximum Gasteiger partial charge on any atom is 0.326 e. The van der Waals surface area contributed by atoms with Crippen LogP contribution in [0.15, 0.2) is 39.9 Å². The average molecular weight is 335 g/mol. The molecule has 0 radical (unpaired) electrons. The fourth-order valence-corrected chi connectivity index (χ4v) is 2.56. The largest absolute Gasteiger partial charge is 0.465 e. The second-order valence-corrected chi connectivity index (χ2v) is 6.74. The summed E-state index contributed by atoms with van der Waals surface area (Å²) in [6.07, 6.45) is 6.34. The van der Waals surface area contributed by atoms with E-state index in [4.69, 9.17) is 9.15 Å². The lowest BCUT2D eigenvalue weighted by Crippen LogP contribution is -2.37. The molecule has 1 fully saturated rings. The highest BCUT2D eigenvalue weighted by atomic mass is 32.2. The number of carbonyl (C=O) groups excluding carboxylic acids is 3. The number of nitrogens with zero attached hydrogens (tertiary/aromatic N) is 1. The number of imide groups is 1. The quantitative estimate of drug-likeness (QED) is 0.621. The predicted octanol–water partition coefficient (Wildman–Crippen LogP) is 3.21. The van der Waals surface area contributed by atoms with E-state index in [9.17, 15) is 14.4 Å². The number of thioether (sulfide) groups is 1. The van der Waals surface area contributed by atoms with E-state index in [1.54, 1.807) is 45.1 Å². The van der Waals surface area contributed by atoms with E-state index in [1.165, 1.54) is 12.3 Å². The first-order valence-corrected chi connectivity index (χ1v) is 7.75. The fourth-order valence-electron chi connectivity index (χ4n) is 1.77. The Kier molecular flexibility index (Phi) is 5.10. The van der Waals surface area contributed by atoms with Gasteiger partial charge >= 0.3 is 5.97 Å². The summed E-state index contributed by atoms with van der Waals surface area (Å²) < 4.78 is 10.2. The van der Waals surface area contributed by atoms with E-state index in [0.29, 0.717) is 5.76 Å². The normalized spacial score (nSPS) is 17.5. The molecule has 6 nitrogen and oxygen atoms in total. The van der Waals surface area contributed by atoms with Gasteiger partial charge in [-0.3, -0.25) is 19.3 Å². The van der Waals surface area contributed by atoms with Crippen LogP contribution >= 0.6 is 11.8 Å². The molecule has 0 atom stereocenters. The lowest BCUT2D eigenvalue weighted by Gasteiger charge is -2.21. The molecule has 23 heavy (non-hydrogen) atoms. The topological polar surface area (TPSA) is 76.8 Å². The van der Waals surface area contributed by atoms with Crippen molar-refractivity contribution in [3.05, 3.63) is 41.2 Å². The molecule has 0 N–H and O–H groups in total. The second-order valence-electron chi connectivity index (χ2n) is 5.75. The first-order chi connectivity index (χ1) is 10.8. The number of hydrogen-bond acceptors (Lipinski definition) is 6. The van der Waals surface area contributed by atoms with Gasteiger partial charge in [0.05, 0.1) is 11.2 Å². The SMILES string of the molecule is CC(C)(C)OC(=O)CN1C(=O)SC(=CC=Cc2ccco2)C1=O. The van der Waals surface area contributed by atoms with Crippen molar-refractivity contribution in [1.29, 1.82) is 0 Å². The highest BCUT2D eigenvalue weighted by Gasteiger charge is 2.36. The van der Waals surface area contributed by atoms with Crippen LogP contribution in [-0.2, 0) is 14.3 Å². The van der Waals surface area contributed by atoms with Crippen LogP contribution in [0.1, 0.15) is 26.5 Å². The van der Waals surface area contributed by atoms with Gasteiger partial charge in [-0.15, -0.1) is 0 Å². The van der Waals surface area contributed by atoms with E-state index >= 15 is 0 Å². The molecule has 1 aliphatic heterocycles. The Morgan fingerprint density at radius 2 is 2.13 bits per heavy atom. The third-order valence-electron chi connectivity index (χ3n) is 2.63. The summed E-state index contributed by atoms with van der Waals surface area (Å²) in [7, 11) is 0. The van der Waals surface area contributed by atoms with Crippen molar-refractivity contribution >= 4 is 35.0 Å². The monoisotopic (exact) mass is 335 g/mol. The third kappa shape index (κ3) is 4.85. The van der Waals surface area contributed by atoms with Crippen molar-refractivity contribution in [1.82, 2.24) is 4.90 Å². The summed E-state index contributed by atoms with van der Waals surface area (Å²) in [5.41, 5.74) is -0.666. The van der Waals surface area contributed by atoms with Crippen molar-refractivity contribution in [2.75, 3.05) is 6.54 Å². The number of allylic oxidation sites excluding steroid dienone is 2. The highest BCUT2D eigenvalue weighted by Crippen LogP contribution is 2.30. The summed E-state index contributed by atoms with van der Waals surface area (Å²) in [4.78, 5) is 36.9. The van der Waals surface area contributed by atoms with Gasteiger partial charge in [-0.25, -0.2) is 0 Å². The smallest absolute Gasteiger partial charge is 0.326 e. The number of esters is 1.